The van der Waals surface area contributed by atoms with E-state index in [4.69, 9.17) is 14.2 Å². The molecule has 0 spiro atoms. The largest absolute Gasteiger partial charge is 0.462 e. The first-order valence-corrected chi connectivity index (χ1v) is 29.3. The third-order valence-corrected chi connectivity index (χ3v) is 12.8. The summed E-state index contributed by atoms with van der Waals surface area (Å²) < 4.78 is 16.8. The van der Waals surface area contributed by atoms with E-state index in [1.54, 1.807) is 0 Å². The maximum absolute atomic E-state index is 12.8. The van der Waals surface area contributed by atoms with Crippen molar-refractivity contribution in [2.75, 3.05) is 13.2 Å². The average Bonchev–Trinajstić information content (AvgIpc) is 3.34. The highest BCUT2D eigenvalue weighted by Gasteiger charge is 2.19. The SMILES string of the molecule is CC/C=C\C/C=C\C/C=C\C/C=C\C/C=C\CCCCCCCCCCCCCC(=O)OCC(COC(=O)CCCCCCCCCCCC)OC(=O)CCCCCCCCCCCCCCC. The molecule has 1 unspecified atom stereocenters. The van der Waals surface area contributed by atoms with Gasteiger partial charge in [-0.2, -0.15) is 0 Å². The number of rotatable bonds is 53. The number of allylic oxidation sites excluding steroid dienone is 10. The number of esters is 3. The summed E-state index contributed by atoms with van der Waals surface area (Å²) >= 11 is 0. The van der Waals surface area contributed by atoms with Crippen molar-refractivity contribution in [3.8, 4) is 0 Å². The third kappa shape index (κ3) is 54.1. The topological polar surface area (TPSA) is 78.9 Å². The van der Waals surface area contributed by atoms with Gasteiger partial charge < -0.3 is 14.2 Å². The molecule has 6 heteroatoms. The van der Waals surface area contributed by atoms with Gasteiger partial charge in [0, 0.05) is 19.3 Å². The quantitative estimate of drug-likeness (QED) is 0.0262. The van der Waals surface area contributed by atoms with Crippen molar-refractivity contribution in [2.45, 2.75) is 303 Å². The van der Waals surface area contributed by atoms with E-state index in [-0.39, 0.29) is 31.1 Å². The van der Waals surface area contributed by atoms with Gasteiger partial charge in [0.25, 0.3) is 0 Å². The molecule has 0 aliphatic rings. The fraction of sp³-hybridized carbons (Fsp3) is 0.790. The molecular formula is C62H110O6. The van der Waals surface area contributed by atoms with Gasteiger partial charge in [-0.15, -0.1) is 0 Å². The van der Waals surface area contributed by atoms with Crippen molar-refractivity contribution in [1.82, 2.24) is 0 Å². The molecule has 0 aromatic carbocycles. The second-order valence-corrected chi connectivity index (χ2v) is 19.5. The Hall–Kier alpha value is -2.89. The van der Waals surface area contributed by atoms with Crippen LogP contribution in [0.15, 0.2) is 60.8 Å². The molecule has 0 bridgehead atoms. The summed E-state index contributed by atoms with van der Waals surface area (Å²) in [5.74, 6) is -0.862. The molecule has 0 saturated carbocycles. The van der Waals surface area contributed by atoms with Crippen LogP contribution in [-0.4, -0.2) is 37.2 Å². The molecule has 0 heterocycles. The summed E-state index contributed by atoms with van der Waals surface area (Å²) in [6.07, 6.45) is 70.8. The van der Waals surface area contributed by atoms with Crippen LogP contribution in [0.3, 0.4) is 0 Å². The van der Waals surface area contributed by atoms with Gasteiger partial charge in [-0.3, -0.25) is 14.4 Å². The monoisotopic (exact) mass is 951 g/mol. The number of carbonyl (C=O) groups excluding carboxylic acids is 3. The van der Waals surface area contributed by atoms with E-state index in [0.29, 0.717) is 19.3 Å². The van der Waals surface area contributed by atoms with Crippen LogP contribution < -0.4 is 0 Å². The summed E-state index contributed by atoms with van der Waals surface area (Å²) in [5, 5.41) is 0. The lowest BCUT2D eigenvalue weighted by Crippen LogP contribution is -2.30. The minimum absolute atomic E-state index is 0.0701. The molecule has 0 N–H and O–H groups in total. The average molecular weight is 952 g/mol. The highest BCUT2D eigenvalue weighted by Crippen LogP contribution is 2.16. The Bertz CT molecular complexity index is 1230. The van der Waals surface area contributed by atoms with Gasteiger partial charge in [-0.25, -0.2) is 0 Å². The second-order valence-electron chi connectivity index (χ2n) is 19.5. The molecule has 0 rings (SSSR count). The minimum Gasteiger partial charge on any atom is -0.462 e. The molecular weight excluding hydrogens is 841 g/mol. The fourth-order valence-corrected chi connectivity index (χ4v) is 8.41. The lowest BCUT2D eigenvalue weighted by Gasteiger charge is -2.18. The van der Waals surface area contributed by atoms with Crippen molar-refractivity contribution in [3.05, 3.63) is 60.8 Å². The molecule has 1 atom stereocenters. The number of unbranched alkanes of at least 4 members (excludes halogenated alkanes) is 32. The van der Waals surface area contributed by atoms with Crippen LogP contribution in [0.1, 0.15) is 297 Å². The molecule has 6 nitrogen and oxygen atoms in total. The highest BCUT2D eigenvalue weighted by atomic mass is 16.6. The Morgan fingerprint density at radius 2 is 0.574 bits per heavy atom. The van der Waals surface area contributed by atoms with Gasteiger partial charge in [-0.1, -0.05) is 274 Å². The van der Waals surface area contributed by atoms with E-state index < -0.39 is 6.10 Å². The van der Waals surface area contributed by atoms with Crippen molar-refractivity contribution in [3.63, 3.8) is 0 Å². The van der Waals surface area contributed by atoms with Crippen molar-refractivity contribution in [1.29, 1.82) is 0 Å². The predicted molar refractivity (Wildman–Crippen MR) is 293 cm³/mol. The van der Waals surface area contributed by atoms with Gasteiger partial charge in [0.2, 0.25) is 0 Å². The molecule has 0 aliphatic carbocycles. The van der Waals surface area contributed by atoms with Crippen molar-refractivity contribution in [2.24, 2.45) is 0 Å². The third-order valence-electron chi connectivity index (χ3n) is 12.8. The van der Waals surface area contributed by atoms with E-state index >= 15 is 0 Å². The minimum atomic E-state index is -0.769. The van der Waals surface area contributed by atoms with Gasteiger partial charge in [0.1, 0.15) is 13.2 Å². The molecule has 0 aliphatic heterocycles. The van der Waals surface area contributed by atoms with Crippen LogP contribution in [0.25, 0.3) is 0 Å². The van der Waals surface area contributed by atoms with E-state index in [2.05, 4.69) is 81.5 Å². The standard InChI is InChI=1S/C62H110O6/c1-4-7-10-13-16-19-22-24-25-26-27-28-29-30-31-32-33-34-35-36-37-39-40-43-46-49-52-55-61(64)67-58-59(57-66-60(63)54-51-48-45-42-21-18-15-12-9-6-3)68-62(65)56-53-50-47-44-41-38-23-20-17-14-11-8-5-2/h7,10,16,19,24-25,27-28,30-31,59H,4-6,8-9,11-15,17-18,20-23,26,29,32-58H2,1-3H3/b10-7-,19-16-,25-24-,28-27-,31-30-. The Labute approximate surface area is 421 Å². The summed E-state index contributed by atoms with van der Waals surface area (Å²) in [6.45, 7) is 6.54. The molecule has 68 heavy (non-hydrogen) atoms. The zero-order valence-electron chi connectivity index (χ0n) is 45.1. The van der Waals surface area contributed by atoms with Gasteiger partial charge in [0.05, 0.1) is 0 Å². The Morgan fingerprint density at radius 3 is 0.897 bits per heavy atom. The van der Waals surface area contributed by atoms with Gasteiger partial charge in [-0.05, 0) is 64.2 Å². The van der Waals surface area contributed by atoms with Crippen LogP contribution >= 0.6 is 0 Å². The maximum atomic E-state index is 12.8. The van der Waals surface area contributed by atoms with Crippen molar-refractivity contribution >= 4 is 17.9 Å². The number of hydrogen-bond donors (Lipinski definition) is 0. The zero-order valence-corrected chi connectivity index (χ0v) is 45.1. The van der Waals surface area contributed by atoms with Crippen LogP contribution in [0, 0.1) is 0 Å². The number of hydrogen-bond acceptors (Lipinski definition) is 6. The Kier molecular flexibility index (Phi) is 54.3. The highest BCUT2D eigenvalue weighted by molar-refractivity contribution is 5.71. The fourth-order valence-electron chi connectivity index (χ4n) is 8.41. The molecule has 0 radical (unpaired) electrons. The van der Waals surface area contributed by atoms with E-state index in [1.165, 1.54) is 167 Å². The second kappa shape index (κ2) is 56.7. The van der Waals surface area contributed by atoms with Crippen LogP contribution in [0.5, 0.6) is 0 Å². The summed E-state index contributed by atoms with van der Waals surface area (Å²) in [5.41, 5.74) is 0. The Balaban J connectivity index is 4.18. The van der Waals surface area contributed by atoms with Gasteiger partial charge in [0.15, 0.2) is 6.10 Å². The lowest BCUT2D eigenvalue weighted by atomic mass is 10.0. The first-order chi connectivity index (χ1) is 33.5. The van der Waals surface area contributed by atoms with Gasteiger partial charge >= 0.3 is 17.9 Å². The van der Waals surface area contributed by atoms with E-state index in [9.17, 15) is 14.4 Å². The first-order valence-electron chi connectivity index (χ1n) is 29.3. The molecule has 0 saturated heterocycles. The number of carbonyl (C=O) groups is 3. The summed E-state index contributed by atoms with van der Waals surface area (Å²) in [7, 11) is 0. The summed E-state index contributed by atoms with van der Waals surface area (Å²) in [4.78, 5) is 38.0. The number of ether oxygens (including phenoxy) is 3. The lowest BCUT2D eigenvalue weighted by molar-refractivity contribution is -0.167. The molecule has 394 valence electrons. The van der Waals surface area contributed by atoms with E-state index in [0.717, 1.165) is 89.9 Å². The Morgan fingerprint density at radius 1 is 0.309 bits per heavy atom. The van der Waals surface area contributed by atoms with Crippen LogP contribution in [0.4, 0.5) is 0 Å². The first kappa shape index (κ1) is 65.1. The van der Waals surface area contributed by atoms with Crippen LogP contribution in [0.2, 0.25) is 0 Å². The summed E-state index contributed by atoms with van der Waals surface area (Å²) in [6, 6.07) is 0. The molecule has 0 fully saturated rings. The molecule has 0 amide bonds. The smallest absolute Gasteiger partial charge is 0.306 e. The predicted octanol–water partition coefficient (Wildman–Crippen LogP) is 19.6. The molecule has 0 aromatic rings. The van der Waals surface area contributed by atoms with Crippen molar-refractivity contribution < 1.29 is 28.6 Å². The zero-order chi connectivity index (χ0) is 49.3. The van der Waals surface area contributed by atoms with Crippen LogP contribution in [-0.2, 0) is 28.6 Å². The normalized spacial score (nSPS) is 12.5. The van der Waals surface area contributed by atoms with E-state index in [1.807, 2.05) is 0 Å². The molecule has 0 aromatic heterocycles. The maximum Gasteiger partial charge on any atom is 0.306 e.